The van der Waals surface area contributed by atoms with Crippen LogP contribution in [0.4, 0.5) is 11.4 Å². The number of aliphatic imine (C=N–C) groups is 1. The Kier molecular flexibility index (Phi) is 5.70. The van der Waals surface area contributed by atoms with Crippen LogP contribution >= 0.6 is 0 Å². The van der Waals surface area contributed by atoms with E-state index in [9.17, 15) is 0 Å². The average Bonchev–Trinajstić information content (AvgIpc) is 2.62. The molecule has 1 aliphatic heterocycles. The molecule has 0 spiro atoms. The molecule has 0 amide bonds. The quantitative estimate of drug-likeness (QED) is 0.514. The summed E-state index contributed by atoms with van der Waals surface area (Å²) in [5, 5.41) is 0. The Bertz CT molecular complexity index is 838. The Balaban J connectivity index is 1.85. The number of anilines is 1. The second kappa shape index (κ2) is 7.73. The zero-order valence-electron chi connectivity index (χ0n) is 18.7. The first-order chi connectivity index (χ1) is 13.1. The maximum atomic E-state index is 4.72. The van der Waals surface area contributed by atoms with Gasteiger partial charge in [0.25, 0.3) is 0 Å². The van der Waals surface area contributed by atoms with Gasteiger partial charge in [-0.3, -0.25) is 4.99 Å². The van der Waals surface area contributed by atoms with Gasteiger partial charge in [-0.15, -0.1) is 0 Å². The van der Waals surface area contributed by atoms with Gasteiger partial charge in [-0.25, -0.2) is 0 Å². The molecule has 2 aromatic carbocycles. The first kappa shape index (κ1) is 20.6. The summed E-state index contributed by atoms with van der Waals surface area (Å²) in [6.07, 6.45) is 4.36. The molecule has 3 rings (SSSR count). The Labute approximate surface area is 171 Å². The number of benzene rings is 2. The smallest absolute Gasteiger partial charge is 0.0630 e. The molecule has 2 nitrogen and oxygen atoms in total. The number of rotatable bonds is 4. The van der Waals surface area contributed by atoms with E-state index in [0.29, 0.717) is 5.92 Å². The summed E-state index contributed by atoms with van der Waals surface area (Å²) in [6, 6.07) is 15.5. The topological polar surface area (TPSA) is 15.6 Å². The largest absolute Gasteiger partial charge is 0.366 e. The lowest BCUT2D eigenvalue weighted by Gasteiger charge is -2.47. The van der Waals surface area contributed by atoms with Gasteiger partial charge >= 0.3 is 0 Å². The first-order valence-corrected chi connectivity index (χ1v) is 10.7. The second-order valence-corrected chi connectivity index (χ2v) is 9.94. The number of hydrogen-bond acceptors (Lipinski definition) is 2. The molecule has 0 radical (unpaired) electrons. The molecule has 28 heavy (non-hydrogen) atoms. The molecule has 0 fully saturated rings. The highest BCUT2D eigenvalue weighted by Crippen LogP contribution is 2.43. The third-order valence-corrected chi connectivity index (χ3v) is 5.95. The zero-order chi connectivity index (χ0) is 20.5. The summed E-state index contributed by atoms with van der Waals surface area (Å²) in [5.74, 6) is 0.567. The predicted molar refractivity (Wildman–Crippen MR) is 124 cm³/mol. The Morgan fingerprint density at radius 2 is 1.79 bits per heavy atom. The van der Waals surface area contributed by atoms with Crippen LogP contribution in [-0.2, 0) is 5.41 Å². The molecule has 0 N–H and O–H groups in total. The Morgan fingerprint density at radius 1 is 1.11 bits per heavy atom. The van der Waals surface area contributed by atoms with Crippen molar-refractivity contribution in [2.75, 3.05) is 11.4 Å². The van der Waals surface area contributed by atoms with E-state index >= 15 is 0 Å². The van der Waals surface area contributed by atoms with Gasteiger partial charge in [-0.2, -0.15) is 0 Å². The summed E-state index contributed by atoms with van der Waals surface area (Å²) in [5.41, 5.74) is 6.78. The second-order valence-electron chi connectivity index (χ2n) is 9.94. The zero-order valence-corrected chi connectivity index (χ0v) is 18.7. The van der Waals surface area contributed by atoms with Gasteiger partial charge in [0.2, 0.25) is 0 Å². The molecule has 0 saturated heterocycles. The standard InChI is InChI=1S/C26H36N2/c1-8-15-28-24-14-9-20(16-23(24)19(2)17-26(28,6)7)18-27-22-12-10-21(11-13-22)25(3,4)5/h9-14,16,18-19H,8,15,17H2,1-7H3. The molecule has 2 aromatic rings. The summed E-state index contributed by atoms with van der Waals surface area (Å²) in [7, 11) is 0. The maximum absolute atomic E-state index is 4.72. The number of nitrogens with zero attached hydrogens (tertiary/aromatic N) is 2. The van der Waals surface area contributed by atoms with E-state index in [-0.39, 0.29) is 11.0 Å². The van der Waals surface area contributed by atoms with Crippen molar-refractivity contribution in [3.63, 3.8) is 0 Å². The summed E-state index contributed by atoms with van der Waals surface area (Å²) >= 11 is 0. The van der Waals surface area contributed by atoms with Crippen molar-refractivity contribution in [3.05, 3.63) is 59.2 Å². The SMILES string of the molecule is CCCN1c2ccc(C=Nc3ccc(C(C)(C)C)cc3)cc2C(C)CC1(C)C. The highest BCUT2D eigenvalue weighted by molar-refractivity contribution is 5.83. The average molecular weight is 377 g/mol. The predicted octanol–water partition coefficient (Wildman–Crippen LogP) is 7.24. The van der Waals surface area contributed by atoms with Crippen LogP contribution < -0.4 is 4.90 Å². The van der Waals surface area contributed by atoms with Crippen LogP contribution in [0.15, 0.2) is 47.5 Å². The molecule has 1 unspecified atom stereocenters. The molecular formula is C26H36N2. The van der Waals surface area contributed by atoms with E-state index in [1.165, 1.54) is 35.2 Å². The van der Waals surface area contributed by atoms with Gasteiger partial charge in [-0.05, 0) is 79.0 Å². The molecule has 2 heteroatoms. The van der Waals surface area contributed by atoms with Gasteiger partial charge in [-0.1, -0.05) is 52.8 Å². The molecule has 150 valence electrons. The molecule has 0 bridgehead atoms. The monoisotopic (exact) mass is 376 g/mol. The van der Waals surface area contributed by atoms with Crippen LogP contribution in [-0.4, -0.2) is 18.3 Å². The molecule has 0 saturated carbocycles. The fourth-order valence-electron chi connectivity index (χ4n) is 4.43. The van der Waals surface area contributed by atoms with Crippen molar-refractivity contribution in [1.29, 1.82) is 0 Å². The first-order valence-electron chi connectivity index (χ1n) is 10.7. The van der Waals surface area contributed by atoms with Crippen molar-refractivity contribution in [2.45, 2.75) is 78.2 Å². The van der Waals surface area contributed by atoms with E-state index in [0.717, 1.165) is 12.2 Å². The van der Waals surface area contributed by atoms with Crippen LogP contribution in [0.2, 0.25) is 0 Å². The Morgan fingerprint density at radius 3 is 2.39 bits per heavy atom. The summed E-state index contributed by atoms with van der Waals surface area (Å²) in [6.45, 7) is 17.2. The molecule has 1 aliphatic rings. The van der Waals surface area contributed by atoms with E-state index in [4.69, 9.17) is 4.99 Å². The van der Waals surface area contributed by atoms with Gasteiger partial charge in [0.1, 0.15) is 0 Å². The van der Waals surface area contributed by atoms with Crippen molar-refractivity contribution >= 4 is 17.6 Å². The highest BCUT2D eigenvalue weighted by atomic mass is 15.2. The molecule has 1 atom stereocenters. The summed E-state index contributed by atoms with van der Waals surface area (Å²) in [4.78, 5) is 7.31. The van der Waals surface area contributed by atoms with Crippen molar-refractivity contribution in [3.8, 4) is 0 Å². The lowest BCUT2D eigenvalue weighted by molar-refractivity contribution is 0.376. The fourth-order valence-corrected chi connectivity index (χ4v) is 4.43. The van der Waals surface area contributed by atoms with Crippen molar-refractivity contribution in [2.24, 2.45) is 4.99 Å². The number of fused-ring (bicyclic) bond motifs is 1. The third kappa shape index (κ3) is 4.32. The van der Waals surface area contributed by atoms with Crippen LogP contribution in [0, 0.1) is 0 Å². The molecule has 0 aliphatic carbocycles. The van der Waals surface area contributed by atoms with Crippen molar-refractivity contribution < 1.29 is 0 Å². The third-order valence-electron chi connectivity index (χ3n) is 5.95. The van der Waals surface area contributed by atoms with Gasteiger partial charge < -0.3 is 4.90 Å². The minimum absolute atomic E-state index is 0.176. The van der Waals surface area contributed by atoms with Crippen LogP contribution in [0.5, 0.6) is 0 Å². The summed E-state index contributed by atoms with van der Waals surface area (Å²) < 4.78 is 0. The molecule has 1 heterocycles. The maximum Gasteiger partial charge on any atom is 0.0630 e. The normalized spacial score (nSPS) is 19.1. The van der Waals surface area contributed by atoms with Gasteiger partial charge in [0, 0.05) is 24.0 Å². The lowest BCUT2D eigenvalue weighted by atomic mass is 9.79. The lowest BCUT2D eigenvalue weighted by Crippen LogP contribution is -2.48. The number of hydrogen-bond donors (Lipinski definition) is 0. The minimum Gasteiger partial charge on any atom is -0.366 e. The van der Waals surface area contributed by atoms with E-state index in [2.05, 4.69) is 95.8 Å². The van der Waals surface area contributed by atoms with E-state index in [1.54, 1.807) is 0 Å². The highest BCUT2D eigenvalue weighted by Gasteiger charge is 2.35. The minimum atomic E-state index is 0.176. The van der Waals surface area contributed by atoms with Crippen LogP contribution in [0.1, 0.15) is 83.9 Å². The van der Waals surface area contributed by atoms with E-state index < -0.39 is 0 Å². The van der Waals surface area contributed by atoms with Crippen LogP contribution in [0.25, 0.3) is 0 Å². The van der Waals surface area contributed by atoms with Crippen LogP contribution in [0.3, 0.4) is 0 Å². The van der Waals surface area contributed by atoms with E-state index in [1.807, 2.05) is 6.21 Å². The molecular weight excluding hydrogens is 340 g/mol. The van der Waals surface area contributed by atoms with Gasteiger partial charge in [0.05, 0.1) is 5.69 Å². The van der Waals surface area contributed by atoms with Gasteiger partial charge in [0.15, 0.2) is 0 Å². The Hall–Kier alpha value is -2.09. The molecule has 0 aromatic heterocycles. The van der Waals surface area contributed by atoms with Crippen molar-refractivity contribution in [1.82, 2.24) is 0 Å². The fraction of sp³-hybridized carbons (Fsp3) is 0.500.